The summed E-state index contributed by atoms with van der Waals surface area (Å²) in [5, 5.41) is 0.959. The van der Waals surface area contributed by atoms with E-state index >= 15 is 0 Å². The van der Waals surface area contributed by atoms with Gasteiger partial charge in [0.1, 0.15) is 6.04 Å². The summed E-state index contributed by atoms with van der Waals surface area (Å²) in [6.45, 7) is 0. The molecule has 0 aromatic carbocycles. The molecule has 0 rings (SSSR count). The summed E-state index contributed by atoms with van der Waals surface area (Å²) in [4.78, 5) is 10.7. The van der Waals surface area contributed by atoms with Crippen molar-refractivity contribution in [3.8, 4) is 0 Å². The number of rotatable bonds is 5. The Hall–Kier alpha value is -0.0900. The van der Waals surface area contributed by atoms with Gasteiger partial charge >= 0.3 is 5.97 Å². The molecule has 0 saturated heterocycles. The molecule has 2 N–H and O–H groups in total. The third kappa shape index (κ3) is 5.21. The Bertz CT molecular complexity index is 119. The monoisotopic (exact) mass is 223 g/mol. The molecule has 4 heteroatoms. The first-order chi connectivity index (χ1) is 5.22. The lowest BCUT2D eigenvalue weighted by Gasteiger charge is -2.07. The summed E-state index contributed by atoms with van der Waals surface area (Å²) in [5.41, 5.74) is 5.48. The molecule has 66 valence electrons. The van der Waals surface area contributed by atoms with Crippen LogP contribution in [0.15, 0.2) is 0 Å². The largest absolute Gasteiger partial charge is 0.468 e. The highest BCUT2D eigenvalue weighted by Gasteiger charge is 2.11. The van der Waals surface area contributed by atoms with Crippen molar-refractivity contribution in [1.29, 1.82) is 0 Å². The number of hydrogen-bond acceptors (Lipinski definition) is 3. The van der Waals surface area contributed by atoms with Crippen LogP contribution >= 0.6 is 15.9 Å². The van der Waals surface area contributed by atoms with Gasteiger partial charge in [-0.25, -0.2) is 0 Å². The Balaban J connectivity index is 3.36. The highest BCUT2D eigenvalue weighted by Crippen LogP contribution is 2.01. The van der Waals surface area contributed by atoms with Crippen molar-refractivity contribution < 1.29 is 9.53 Å². The van der Waals surface area contributed by atoms with Crippen molar-refractivity contribution in [2.75, 3.05) is 12.4 Å². The fourth-order valence-corrected chi connectivity index (χ4v) is 1.12. The molecule has 0 aromatic heterocycles. The van der Waals surface area contributed by atoms with Gasteiger partial charge in [-0.2, -0.15) is 0 Å². The SMILES string of the molecule is COC(=O)[C@@H](N)CCCCBr. The number of halogens is 1. The summed E-state index contributed by atoms with van der Waals surface area (Å²) >= 11 is 3.30. The molecule has 0 radical (unpaired) electrons. The van der Waals surface area contributed by atoms with Crippen molar-refractivity contribution in [1.82, 2.24) is 0 Å². The number of hydrogen-bond donors (Lipinski definition) is 1. The molecule has 0 heterocycles. The molecule has 0 aliphatic rings. The number of carbonyl (C=O) groups excluding carboxylic acids is 1. The van der Waals surface area contributed by atoms with Crippen LogP contribution in [-0.4, -0.2) is 24.5 Å². The Morgan fingerprint density at radius 2 is 2.27 bits per heavy atom. The summed E-state index contributed by atoms with van der Waals surface area (Å²) in [5.74, 6) is -0.320. The minimum absolute atomic E-state index is 0.320. The number of unbranched alkanes of at least 4 members (excludes halogenated alkanes) is 1. The standard InChI is InChI=1S/C7H14BrNO2/c1-11-7(10)6(9)4-2-3-5-8/h6H,2-5,9H2,1H3/t6-/m0/s1. The lowest BCUT2D eigenvalue weighted by Crippen LogP contribution is -2.31. The van der Waals surface area contributed by atoms with Gasteiger partial charge in [0.2, 0.25) is 0 Å². The first-order valence-electron chi connectivity index (χ1n) is 3.61. The van der Waals surface area contributed by atoms with Crippen LogP contribution in [0.25, 0.3) is 0 Å². The molecule has 0 spiro atoms. The van der Waals surface area contributed by atoms with E-state index in [4.69, 9.17) is 5.73 Å². The van der Waals surface area contributed by atoms with Gasteiger partial charge in [0.15, 0.2) is 0 Å². The van der Waals surface area contributed by atoms with E-state index in [0.717, 1.165) is 18.2 Å². The van der Waals surface area contributed by atoms with E-state index in [1.54, 1.807) is 0 Å². The maximum absolute atomic E-state index is 10.7. The molecule has 0 aromatic rings. The number of carbonyl (C=O) groups is 1. The van der Waals surface area contributed by atoms with Gasteiger partial charge < -0.3 is 10.5 Å². The summed E-state index contributed by atoms with van der Waals surface area (Å²) in [6.07, 6.45) is 2.71. The van der Waals surface area contributed by atoms with Crippen LogP contribution in [0.2, 0.25) is 0 Å². The van der Waals surface area contributed by atoms with Crippen molar-refractivity contribution in [2.45, 2.75) is 25.3 Å². The third-order valence-electron chi connectivity index (χ3n) is 1.40. The zero-order valence-corrected chi connectivity index (χ0v) is 8.26. The van der Waals surface area contributed by atoms with E-state index in [2.05, 4.69) is 20.7 Å². The Morgan fingerprint density at radius 1 is 1.64 bits per heavy atom. The van der Waals surface area contributed by atoms with E-state index < -0.39 is 6.04 Å². The van der Waals surface area contributed by atoms with Gasteiger partial charge in [-0.05, 0) is 12.8 Å². The van der Waals surface area contributed by atoms with Crippen molar-refractivity contribution in [3.05, 3.63) is 0 Å². The Morgan fingerprint density at radius 3 is 2.73 bits per heavy atom. The molecular formula is C7H14BrNO2. The molecule has 0 bridgehead atoms. The minimum Gasteiger partial charge on any atom is -0.468 e. The normalized spacial score (nSPS) is 12.6. The van der Waals surface area contributed by atoms with Crippen LogP contribution in [0.3, 0.4) is 0 Å². The first-order valence-corrected chi connectivity index (χ1v) is 4.74. The Kier molecular flexibility index (Phi) is 6.56. The minimum atomic E-state index is -0.445. The topological polar surface area (TPSA) is 52.3 Å². The summed E-state index contributed by atoms with van der Waals surface area (Å²) in [6, 6.07) is -0.445. The molecule has 11 heavy (non-hydrogen) atoms. The highest BCUT2D eigenvalue weighted by atomic mass is 79.9. The van der Waals surface area contributed by atoms with Gasteiger partial charge in [-0.3, -0.25) is 4.79 Å². The number of esters is 1. The van der Waals surface area contributed by atoms with E-state index in [-0.39, 0.29) is 5.97 Å². The number of ether oxygens (including phenoxy) is 1. The zero-order valence-electron chi connectivity index (χ0n) is 6.68. The van der Waals surface area contributed by atoms with Gasteiger partial charge in [0, 0.05) is 5.33 Å². The van der Waals surface area contributed by atoms with Crippen molar-refractivity contribution in [3.63, 3.8) is 0 Å². The van der Waals surface area contributed by atoms with Crippen LogP contribution < -0.4 is 5.73 Å². The van der Waals surface area contributed by atoms with E-state index in [0.29, 0.717) is 6.42 Å². The second kappa shape index (κ2) is 6.61. The van der Waals surface area contributed by atoms with Gasteiger partial charge in [-0.1, -0.05) is 22.4 Å². The Labute approximate surface area is 75.4 Å². The highest BCUT2D eigenvalue weighted by molar-refractivity contribution is 9.09. The molecule has 0 saturated carbocycles. The lowest BCUT2D eigenvalue weighted by molar-refractivity contribution is -0.142. The van der Waals surface area contributed by atoms with E-state index in [1.165, 1.54) is 7.11 Å². The van der Waals surface area contributed by atoms with Crippen LogP contribution in [0, 0.1) is 0 Å². The maximum atomic E-state index is 10.7. The zero-order chi connectivity index (χ0) is 8.69. The van der Waals surface area contributed by atoms with Crippen LogP contribution in [-0.2, 0) is 9.53 Å². The number of alkyl halides is 1. The van der Waals surface area contributed by atoms with E-state index in [1.807, 2.05) is 0 Å². The summed E-state index contributed by atoms with van der Waals surface area (Å²) < 4.78 is 4.47. The average Bonchev–Trinajstić information content (AvgIpc) is 2.03. The molecular weight excluding hydrogens is 210 g/mol. The molecule has 1 atom stereocenters. The summed E-state index contributed by atoms with van der Waals surface area (Å²) in [7, 11) is 1.35. The fraction of sp³-hybridized carbons (Fsp3) is 0.857. The van der Waals surface area contributed by atoms with E-state index in [9.17, 15) is 4.79 Å². The smallest absolute Gasteiger partial charge is 0.322 e. The first kappa shape index (κ1) is 10.9. The molecule has 0 amide bonds. The molecule has 0 aliphatic carbocycles. The van der Waals surface area contributed by atoms with Crippen LogP contribution in [0.4, 0.5) is 0 Å². The van der Waals surface area contributed by atoms with Gasteiger partial charge in [0.05, 0.1) is 7.11 Å². The van der Waals surface area contributed by atoms with Crippen molar-refractivity contribution in [2.24, 2.45) is 5.73 Å². The molecule has 0 fully saturated rings. The van der Waals surface area contributed by atoms with Crippen LogP contribution in [0.1, 0.15) is 19.3 Å². The number of nitrogens with two attached hydrogens (primary N) is 1. The number of methoxy groups -OCH3 is 1. The lowest BCUT2D eigenvalue weighted by atomic mass is 10.1. The third-order valence-corrected chi connectivity index (χ3v) is 1.96. The predicted octanol–water partition coefficient (Wildman–Crippen LogP) is 1.05. The van der Waals surface area contributed by atoms with Gasteiger partial charge in [-0.15, -0.1) is 0 Å². The second-order valence-electron chi connectivity index (χ2n) is 2.31. The molecule has 0 aliphatic heterocycles. The predicted molar refractivity (Wildman–Crippen MR) is 47.6 cm³/mol. The quantitative estimate of drug-likeness (QED) is 0.431. The fourth-order valence-electron chi connectivity index (χ4n) is 0.728. The molecule has 0 unspecified atom stereocenters. The van der Waals surface area contributed by atoms with Crippen LogP contribution in [0.5, 0.6) is 0 Å². The second-order valence-corrected chi connectivity index (χ2v) is 3.11. The van der Waals surface area contributed by atoms with Gasteiger partial charge in [0.25, 0.3) is 0 Å². The maximum Gasteiger partial charge on any atom is 0.322 e. The molecule has 3 nitrogen and oxygen atoms in total. The average molecular weight is 224 g/mol. The van der Waals surface area contributed by atoms with Crippen molar-refractivity contribution >= 4 is 21.9 Å².